The molecule has 73 heavy (non-hydrogen) atoms. The van der Waals surface area contributed by atoms with Crippen LogP contribution < -0.4 is 15.0 Å². The predicted molar refractivity (Wildman–Crippen MR) is 271 cm³/mol. The van der Waals surface area contributed by atoms with Gasteiger partial charge >= 0.3 is 12.1 Å². The van der Waals surface area contributed by atoms with Gasteiger partial charge in [-0.15, -0.1) is 0 Å². The van der Waals surface area contributed by atoms with Crippen molar-refractivity contribution >= 4 is 61.9 Å². The summed E-state index contributed by atoms with van der Waals surface area (Å²) in [5.74, 6) is 2.86. The van der Waals surface area contributed by atoms with Gasteiger partial charge in [0.25, 0.3) is 5.69 Å². The number of nitrogens with zero attached hydrogens (tertiary/aromatic N) is 4. The fraction of sp³-hybridized carbons (Fsp3) is 0.140. The number of morpholine rings is 1. The van der Waals surface area contributed by atoms with Crippen LogP contribution in [0.5, 0.6) is 11.5 Å². The first-order chi connectivity index (χ1) is 35.5. The number of imide groups is 1. The van der Waals surface area contributed by atoms with E-state index in [2.05, 4.69) is 17.2 Å². The molecule has 0 radical (unpaired) electrons. The number of methoxy groups -OCH3 is 1. The number of rotatable bonds is 9. The van der Waals surface area contributed by atoms with Gasteiger partial charge in [0.1, 0.15) is 35.7 Å². The second-order valence-corrected chi connectivity index (χ2v) is 18.7. The number of fused-ring (bicyclic) bond motifs is 4. The number of aromatic nitrogens is 1. The van der Waals surface area contributed by atoms with Gasteiger partial charge in [-0.25, -0.2) is 14.7 Å². The maximum atomic E-state index is 16.6. The summed E-state index contributed by atoms with van der Waals surface area (Å²) < 4.78 is 18.6. The molecule has 6 atom stereocenters. The Balaban J connectivity index is 1.16. The van der Waals surface area contributed by atoms with Gasteiger partial charge in [-0.2, -0.15) is 0 Å². The van der Waals surface area contributed by atoms with Gasteiger partial charge in [0.15, 0.2) is 5.13 Å². The Kier molecular flexibility index (Phi) is 11.9. The zero-order valence-corrected chi connectivity index (χ0v) is 39.5. The molecule has 0 bridgehead atoms. The van der Waals surface area contributed by atoms with Crippen LogP contribution in [-0.2, 0) is 35.9 Å². The lowest BCUT2D eigenvalue weighted by atomic mass is 9.65. The van der Waals surface area contributed by atoms with Gasteiger partial charge in [0, 0.05) is 23.3 Å². The molecule has 3 amide bonds. The predicted octanol–water partition coefficient (Wildman–Crippen LogP) is 9.96. The molecule has 3 aliphatic rings. The molecule has 2 fully saturated rings. The molecule has 360 valence electrons. The number of nitro benzene ring substituents is 1. The van der Waals surface area contributed by atoms with E-state index in [0.717, 1.165) is 9.60 Å². The third-order valence-electron chi connectivity index (χ3n) is 13.6. The van der Waals surface area contributed by atoms with Crippen LogP contribution in [0.1, 0.15) is 57.1 Å². The maximum absolute atomic E-state index is 16.6. The van der Waals surface area contributed by atoms with E-state index in [0.29, 0.717) is 44.6 Å². The summed E-state index contributed by atoms with van der Waals surface area (Å²) in [5.41, 5.74) is 1.78. The van der Waals surface area contributed by atoms with E-state index in [-0.39, 0.29) is 34.4 Å². The molecule has 1 aromatic heterocycles. The standard InChI is InChI=1S/C57H41N5O10S/c1-70-42-29-20-34(21-30-42)16-17-35-22-31-45-43(32-35)57(54(66)60(45)56(67)71-33-36-18-25-40(26-19-36)62(68)69)47(52(64)59-55-58-44-14-8-9-15-46(44)73-55)49-53(65)72-50(38-12-6-3-7-13-38)48(37-10-4-2-5-11-37)61(49)51(57)39-23-27-41(63)28-24-39/h2-15,18-32,47-51,63H,33H2,1H3,(H,58,59,64). The van der Waals surface area contributed by atoms with Crippen molar-refractivity contribution in [3.05, 3.63) is 225 Å². The Morgan fingerprint density at radius 3 is 2.14 bits per heavy atom. The van der Waals surface area contributed by atoms with Crippen LogP contribution in [-0.4, -0.2) is 56.9 Å². The minimum atomic E-state index is -2.17. The molecule has 0 aliphatic carbocycles. The number of anilines is 2. The van der Waals surface area contributed by atoms with Crippen LogP contribution >= 0.6 is 11.3 Å². The summed E-state index contributed by atoms with van der Waals surface area (Å²) in [6.07, 6.45) is -2.09. The largest absolute Gasteiger partial charge is 0.508 e. The van der Waals surface area contributed by atoms with Crippen molar-refractivity contribution in [2.75, 3.05) is 17.3 Å². The number of thiazole rings is 1. The molecule has 8 aromatic rings. The highest BCUT2D eigenvalue weighted by molar-refractivity contribution is 7.22. The van der Waals surface area contributed by atoms with Gasteiger partial charge < -0.3 is 24.6 Å². The summed E-state index contributed by atoms with van der Waals surface area (Å²) in [4.78, 5) is 81.3. The van der Waals surface area contributed by atoms with Crippen molar-refractivity contribution in [2.24, 2.45) is 5.92 Å². The monoisotopic (exact) mass is 987 g/mol. The maximum Gasteiger partial charge on any atom is 0.421 e. The molecule has 6 unspecified atom stereocenters. The van der Waals surface area contributed by atoms with Crippen LogP contribution in [0.4, 0.5) is 21.3 Å². The van der Waals surface area contributed by atoms with Gasteiger partial charge in [-0.05, 0) is 107 Å². The number of amides is 3. The number of nitro groups is 1. The fourth-order valence-electron chi connectivity index (χ4n) is 10.5. The highest BCUT2D eigenvalue weighted by atomic mass is 32.1. The van der Waals surface area contributed by atoms with Crippen molar-refractivity contribution in [3.8, 4) is 23.3 Å². The molecule has 2 saturated heterocycles. The van der Waals surface area contributed by atoms with Crippen LogP contribution in [0.3, 0.4) is 0 Å². The van der Waals surface area contributed by atoms with E-state index in [9.17, 15) is 20.0 Å². The summed E-state index contributed by atoms with van der Waals surface area (Å²) in [7, 11) is 1.56. The molecule has 0 saturated carbocycles. The lowest BCUT2D eigenvalue weighted by Gasteiger charge is -2.46. The Hall–Kier alpha value is -9.17. The highest BCUT2D eigenvalue weighted by Gasteiger charge is 2.76. The number of carbonyl (C=O) groups excluding carboxylic acids is 4. The van der Waals surface area contributed by atoms with Crippen molar-refractivity contribution < 1.29 is 43.4 Å². The number of non-ortho nitro benzene ring substituents is 1. The lowest BCUT2D eigenvalue weighted by Crippen LogP contribution is -2.54. The number of hydrogen-bond donors (Lipinski definition) is 2. The number of ether oxygens (including phenoxy) is 3. The van der Waals surface area contributed by atoms with E-state index in [1.165, 1.54) is 47.7 Å². The zero-order valence-electron chi connectivity index (χ0n) is 38.7. The summed E-state index contributed by atoms with van der Waals surface area (Å²) >= 11 is 1.21. The quantitative estimate of drug-likeness (QED) is 0.0603. The number of phenolic OH excluding ortho intramolecular Hbond substituents is 1. The van der Waals surface area contributed by atoms with E-state index < -0.39 is 64.4 Å². The number of hydrogen-bond acceptors (Lipinski definition) is 13. The molecule has 1 spiro atoms. The number of nitrogens with one attached hydrogen (secondary N) is 1. The van der Waals surface area contributed by atoms with Crippen molar-refractivity contribution in [1.29, 1.82) is 0 Å². The number of cyclic esters (lactones) is 1. The van der Waals surface area contributed by atoms with Crippen LogP contribution in [0.2, 0.25) is 0 Å². The Bertz CT molecular complexity index is 3490. The molecule has 15 nitrogen and oxygen atoms in total. The first-order valence-electron chi connectivity index (χ1n) is 23.1. The normalized spacial score (nSPS) is 20.9. The molecule has 3 aliphatic heterocycles. The first-order valence-corrected chi connectivity index (χ1v) is 23.9. The number of esters is 1. The minimum Gasteiger partial charge on any atom is -0.508 e. The zero-order chi connectivity index (χ0) is 50.4. The lowest BCUT2D eigenvalue weighted by molar-refractivity contribution is -0.384. The number of phenols is 1. The third kappa shape index (κ3) is 8.16. The number of para-hydroxylation sites is 1. The molecule has 16 heteroatoms. The molecular weight excluding hydrogens is 947 g/mol. The summed E-state index contributed by atoms with van der Waals surface area (Å²) in [5, 5.41) is 25.5. The van der Waals surface area contributed by atoms with E-state index in [4.69, 9.17) is 19.2 Å². The fourth-order valence-corrected chi connectivity index (χ4v) is 11.3. The highest BCUT2D eigenvalue weighted by Crippen LogP contribution is 2.66. The van der Waals surface area contributed by atoms with Crippen molar-refractivity contribution in [1.82, 2.24) is 9.88 Å². The minimum absolute atomic E-state index is 0.0688. The molecule has 4 heterocycles. The third-order valence-corrected chi connectivity index (χ3v) is 14.6. The molecule has 7 aromatic carbocycles. The van der Waals surface area contributed by atoms with Crippen molar-refractivity contribution in [3.63, 3.8) is 0 Å². The molecule has 11 rings (SSSR count). The Morgan fingerprint density at radius 1 is 0.795 bits per heavy atom. The number of carbonyl (C=O) groups is 4. The van der Waals surface area contributed by atoms with Gasteiger partial charge in [0.2, 0.25) is 11.8 Å². The first kappa shape index (κ1) is 46.2. The van der Waals surface area contributed by atoms with E-state index >= 15 is 14.4 Å². The second-order valence-electron chi connectivity index (χ2n) is 17.7. The van der Waals surface area contributed by atoms with Crippen LogP contribution in [0.25, 0.3) is 10.2 Å². The average molecular weight is 988 g/mol. The summed E-state index contributed by atoms with van der Waals surface area (Å²) in [6, 6.07) is 46.0. The number of aromatic hydroxyl groups is 1. The van der Waals surface area contributed by atoms with E-state index in [1.54, 1.807) is 67.8 Å². The van der Waals surface area contributed by atoms with Crippen LogP contribution in [0, 0.1) is 27.9 Å². The van der Waals surface area contributed by atoms with Gasteiger partial charge in [-0.1, -0.05) is 108 Å². The second kappa shape index (κ2) is 18.9. The van der Waals surface area contributed by atoms with Crippen LogP contribution in [0.15, 0.2) is 176 Å². The smallest absolute Gasteiger partial charge is 0.421 e. The Labute approximate surface area is 421 Å². The number of benzene rings is 7. The van der Waals surface area contributed by atoms with Crippen molar-refractivity contribution in [2.45, 2.75) is 36.3 Å². The average Bonchev–Trinajstić information content (AvgIpc) is 4.06. The van der Waals surface area contributed by atoms with Gasteiger partial charge in [0.05, 0.1) is 45.9 Å². The molecular formula is C57H41N5O10S. The topological polar surface area (TPSA) is 191 Å². The van der Waals surface area contributed by atoms with Gasteiger partial charge in [-0.3, -0.25) is 29.4 Å². The summed E-state index contributed by atoms with van der Waals surface area (Å²) in [6.45, 7) is -0.382. The Morgan fingerprint density at radius 2 is 1.45 bits per heavy atom. The SMILES string of the molecule is COc1ccc(C#Cc2ccc3c(c2)C2(C(=O)N3C(=O)OCc3ccc([N+](=O)[O-])cc3)C(C(=O)Nc3nc4ccccc4s3)C3C(=O)OC(c4ccccc4)C(c4ccccc4)N3C2c2ccc(O)cc2)cc1. The van der Waals surface area contributed by atoms with E-state index in [1.807, 2.05) is 83.8 Å². The molecule has 2 N–H and O–H groups in total.